The van der Waals surface area contributed by atoms with E-state index in [-0.39, 0.29) is 0 Å². The topological polar surface area (TPSA) is 43.1 Å². The minimum atomic E-state index is -1.26. The first-order chi connectivity index (χ1) is 9.92. The number of halogens is 1. The summed E-state index contributed by atoms with van der Waals surface area (Å²) in [5.41, 5.74) is 7.96. The average molecular weight is 324 g/mol. The average Bonchev–Trinajstić information content (AvgIpc) is 2.46. The number of rotatable bonds is 5. The molecule has 0 radical (unpaired) electrons. The summed E-state index contributed by atoms with van der Waals surface area (Å²) in [5.74, 6) is -0.410. The smallest absolute Gasteiger partial charge is 0.250 e. The molecule has 0 unspecified atom stereocenters. The molecule has 1 aromatic rings. The molecule has 0 aliphatic heterocycles. The molecule has 1 aliphatic carbocycles. The zero-order valence-corrected chi connectivity index (χ0v) is 14.9. The van der Waals surface area contributed by atoms with E-state index in [0.29, 0.717) is 10.6 Å². The van der Waals surface area contributed by atoms with Crippen LogP contribution in [0, 0.1) is 0 Å². The van der Waals surface area contributed by atoms with E-state index in [1.165, 1.54) is 38.1 Å². The molecule has 21 heavy (non-hydrogen) atoms. The Hall–Kier alpha value is -0.803. The van der Waals surface area contributed by atoms with Crippen LogP contribution in [0.1, 0.15) is 48.0 Å². The van der Waals surface area contributed by atoms with E-state index in [4.69, 9.17) is 17.3 Å². The van der Waals surface area contributed by atoms with Crippen LogP contribution >= 0.6 is 11.6 Å². The molecule has 1 amide bonds. The lowest BCUT2D eigenvalue weighted by Crippen LogP contribution is -2.34. The zero-order valence-electron chi connectivity index (χ0n) is 13.1. The second-order valence-electron chi connectivity index (χ2n) is 6.96. The molecule has 116 valence electrons. The van der Waals surface area contributed by atoms with E-state index in [1.54, 1.807) is 6.07 Å². The van der Waals surface area contributed by atoms with Crippen molar-refractivity contribution in [1.82, 2.24) is 0 Å². The number of nitrogens with two attached hydrogens (primary N) is 1. The highest BCUT2D eigenvalue weighted by Crippen LogP contribution is 2.39. The molecule has 1 aromatic carbocycles. The van der Waals surface area contributed by atoms with Crippen LogP contribution in [0.15, 0.2) is 18.2 Å². The van der Waals surface area contributed by atoms with Gasteiger partial charge < -0.3 is 5.73 Å². The van der Waals surface area contributed by atoms with Crippen molar-refractivity contribution in [3.05, 3.63) is 34.3 Å². The molecule has 2 nitrogen and oxygen atoms in total. The summed E-state index contributed by atoms with van der Waals surface area (Å²) < 4.78 is 0. The summed E-state index contributed by atoms with van der Waals surface area (Å²) in [5, 5.41) is 0.483. The Morgan fingerprint density at radius 2 is 1.95 bits per heavy atom. The monoisotopic (exact) mass is 323 g/mol. The number of hydrogen-bond acceptors (Lipinski definition) is 1. The Labute approximate surface area is 134 Å². The maximum atomic E-state index is 11.6. The first-order valence-electron chi connectivity index (χ1n) is 7.99. The second-order valence-corrected chi connectivity index (χ2v) is 12.7. The normalized spacial score (nSPS) is 16.9. The van der Waals surface area contributed by atoms with Crippen molar-refractivity contribution < 1.29 is 4.79 Å². The summed E-state index contributed by atoms with van der Waals surface area (Å²) >= 11 is 6.13. The van der Waals surface area contributed by atoms with Gasteiger partial charge in [0.1, 0.15) is 0 Å². The summed E-state index contributed by atoms with van der Waals surface area (Å²) in [6.07, 6.45) is 7.92. The van der Waals surface area contributed by atoms with E-state index >= 15 is 0 Å². The molecule has 0 saturated heterocycles. The predicted molar refractivity (Wildman–Crippen MR) is 92.8 cm³/mol. The third kappa shape index (κ3) is 4.10. The van der Waals surface area contributed by atoms with Crippen LogP contribution in [0.5, 0.6) is 0 Å². The van der Waals surface area contributed by atoms with Crippen molar-refractivity contribution in [2.24, 2.45) is 5.73 Å². The van der Waals surface area contributed by atoms with Gasteiger partial charge in [0.25, 0.3) is 0 Å². The Morgan fingerprint density at radius 3 is 2.57 bits per heavy atom. The van der Waals surface area contributed by atoms with Crippen molar-refractivity contribution in [3.63, 3.8) is 0 Å². The van der Waals surface area contributed by atoms with Crippen LogP contribution in [0.25, 0.3) is 0 Å². The molecule has 1 fully saturated rings. The first-order valence-corrected chi connectivity index (χ1v) is 11.7. The quantitative estimate of drug-likeness (QED) is 0.759. The van der Waals surface area contributed by atoms with Crippen LogP contribution in [0.2, 0.25) is 29.7 Å². The fourth-order valence-corrected chi connectivity index (χ4v) is 7.18. The SMILES string of the molecule is C[Si](C)(CCc1cccc(Cl)c1C(N)=O)C1CCCCC1. The molecule has 0 spiro atoms. The summed E-state index contributed by atoms with van der Waals surface area (Å²) in [6.45, 7) is 4.99. The van der Waals surface area contributed by atoms with Gasteiger partial charge in [0, 0.05) is 0 Å². The van der Waals surface area contributed by atoms with Gasteiger partial charge in [-0.2, -0.15) is 0 Å². The summed E-state index contributed by atoms with van der Waals surface area (Å²) in [4.78, 5) is 11.6. The number of hydrogen-bond donors (Lipinski definition) is 1. The largest absolute Gasteiger partial charge is 0.366 e. The maximum absolute atomic E-state index is 11.6. The van der Waals surface area contributed by atoms with Gasteiger partial charge in [-0.05, 0) is 23.6 Å². The fourth-order valence-electron chi connectivity index (χ4n) is 3.60. The summed E-state index contributed by atoms with van der Waals surface area (Å²) in [6, 6.07) is 6.86. The maximum Gasteiger partial charge on any atom is 0.250 e. The minimum Gasteiger partial charge on any atom is -0.366 e. The van der Waals surface area contributed by atoms with Crippen LogP contribution in [0.4, 0.5) is 0 Å². The van der Waals surface area contributed by atoms with Gasteiger partial charge in [-0.25, -0.2) is 0 Å². The lowest BCUT2D eigenvalue weighted by Gasteiger charge is -2.35. The predicted octanol–water partition coefficient (Wildman–Crippen LogP) is 5.02. The Balaban J connectivity index is 2.08. The highest BCUT2D eigenvalue weighted by atomic mass is 35.5. The highest BCUT2D eigenvalue weighted by Gasteiger charge is 2.32. The number of carbonyl (C=O) groups is 1. The first kappa shape index (κ1) is 16.6. The highest BCUT2D eigenvalue weighted by molar-refractivity contribution is 6.78. The van der Waals surface area contributed by atoms with Crippen molar-refractivity contribution >= 4 is 25.6 Å². The molecule has 2 rings (SSSR count). The van der Waals surface area contributed by atoms with Gasteiger partial charge in [0.05, 0.1) is 18.7 Å². The molecular weight excluding hydrogens is 298 g/mol. The van der Waals surface area contributed by atoms with Crippen molar-refractivity contribution in [3.8, 4) is 0 Å². The minimum absolute atomic E-state index is 0.410. The van der Waals surface area contributed by atoms with Gasteiger partial charge in [0.2, 0.25) is 5.91 Å². The van der Waals surface area contributed by atoms with E-state index in [9.17, 15) is 4.79 Å². The van der Waals surface area contributed by atoms with Gasteiger partial charge in [-0.3, -0.25) is 4.79 Å². The van der Waals surface area contributed by atoms with E-state index < -0.39 is 14.0 Å². The van der Waals surface area contributed by atoms with Crippen molar-refractivity contribution in [2.75, 3.05) is 0 Å². The van der Waals surface area contributed by atoms with Crippen LogP contribution in [0.3, 0.4) is 0 Å². The van der Waals surface area contributed by atoms with Crippen molar-refractivity contribution in [1.29, 1.82) is 0 Å². The van der Waals surface area contributed by atoms with Crippen LogP contribution in [-0.4, -0.2) is 14.0 Å². The Morgan fingerprint density at radius 1 is 1.29 bits per heavy atom. The Kier molecular flexibility index (Phi) is 5.50. The lowest BCUT2D eigenvalue weighted by atomic mass is 10.0. The molecule has 1 aliphatic rings. The third-order valence-corrected chi connectivity index (χ3v) is 9.74. The number of primary amides is 1. The van der Waals surface area contributed by atoms with Gasteiger partial charge in [0.15, 0.2) is 0 Å². The van der Waals surface area contributed by atoms with Gasteiger partial charge in [-0.1, -0.05) is 75.0 Å². The number of carbonyl (C=O) groups excluding carboxylic acids is 1. The lowest BCUT2D eigenvalue weighted by molar-refractivity contribution is 0.0999. The van der Waals surface area contributed by atoms with Crippen LogP contribution < -0.4 is 5.73 Å². The second kappa shape index (κ2) is 6.97. The molecule has 0 atom stereocenters. The molecular formula is C17H26ClNOSi. The molecule has 0 heterocycles. The zero-order chi connectivity index (χ0) is 15.5. The number of benzene rings is 1. The van der Waals surface area contributed by atoms with Gasteiger partial charge >= 0.3 is 0 Å². The van der Waals surface area contributed by atoms with Gasteiger partial charge in [-0.15, -0.1) is 0 Å². The fraction of sp³-hybridized carbons (Fsp3) is 0.588. The molecule has 1 saturated carbocycles. The van der Waals surface area contributed by atoms with Crippen molar-refractivity contribution in [2.45, 2.75) is 63.2 Å². The number of amides is 1. The van der Waals surface area contributed by atoms with E-state index in [2.05, 4.69) is 13.1 Å². The van der Waals surface area contributed by atoms with E-state index in [0.717, 1.165) is 17.5 Å². The molecule has 2 N–H and O–H groups in total. The Bertz CT molecular complexity index is 510. The number of aryl methyl sites for hydroxylation is 1. The molecule has 0 aromatic heterocycles. The third-order valence-electron chi connectivity index (χ3n) is 5.10. The van der Waals surface area contributed by atoms with Crippen LogP contribution in [-0.2, 0) is 6.42 Å². The van der Waals surface area contributed by atoms with E-state index in [1.807, 2.05) is 12.1 Å². The summed E-state index contributed by atoms with van der Waals surface area (Å²) in [7, 11) is -1.26. The molecule has 4 heteroatoms. The standard InChI is InChI=1S/C17H26ClNOSi/c1-21(2,14-8-4-3-5-9-14)12-11-13-7-6-10-15(18)16(13)17(19)20/h6-7,10,14H,3-5,8-9,11-12H2,1-2H3,(H2,19,20). The molecule has 0 bridgehead atoms.